The second kappa shape index (κ2) is 7.47. The Labute approximate surface area is 140 Å². The molecule has 3 N–H and O–H groups in total. The zero-order valence-electron chi connectivity index (χ0n) is 14.5. The van der Waals surface area contributed by atoms with Crippen LogP contribution in [0.2, 0.25) is 0 Å². The number of hydrogen-bond donors (Lipinski definition) is 2. The zero-order chi connectivity index (χ0) is 16.4. The van der Waals surface area contributed by atoms with Gasteiger partial charge in [0.25, 0.3) is 0 Å². The molecule has 0 radical (unpaired) electrons. The first kappa shape index (κ1) is 20.9. The topological polar surface area (TPSA) is 63.3 Å². The van der Waals surface area contributed by atoms with E-state index in [1.165, 1.54) is 0 Å². The Bertz CT molecular complexity index is 510. The Balaban J connectivity index is 0.00000441. The lowest BCUT2D eigenvalue weighted by molar-refractivity contribution is -0.141. The number of carboxylic acid groups (broad SMARTS) is 1. The minimum atomic E-state index is -0.808. The molecule has 0 heterocycles. The maximum atomic E-state index is 11.9. The predicted molar refractivity (Wildman–Crippen MR) is 94.8 cm³/mol. The summed E-state index contributed by atoms with van der Waals surface area (Å²) in [5, 5.41) is 9.77. The molecule has 1 atom stereocenters. The van der Waals surface area contributed by atoms with Crippen LogP contribution < -0.4 is 5.73 Å². The zero-order valence-corrected chi connectivity index (χ0v) is 15.3. The molecule has 0 amide bonds. The molecule has 126 valence electrons. The van der Waals surface area contributed by atoms with E-state index in [9.17, 15) is 9.90 Å². The number of rotatable bonds is 6. The average molecular weight is 328 g/mol. The number of hydrogen-bond acceptors (Lipinski definition) is 2. The Morgan fingerprint density at radius 1 is 1.18 bits per heavy atom. The van der Waals surface area contributed by atoms with E-state index in [0.29, 0.717) is 12.5 Å². The molecule has 0 aliphatic rings. The lowest BCUT2D eigenvalue weighted by Crippen LogP contribution is -2.37. The SMILES string of the molecule is CC(C)C(C)(C)c1ccccc1C(C(=O)O)C(C)(C)CN.Cl. The largest absolute Gasteiger partial charge is 0.481 e. The van der Waals surface area contributed by atoms with Crippen LogP contribution in [0.5, 0.6) is 0 Å². The van der Waals surface area contributed by atoms with Crippen LogP contribution >= 0.6 is 12.4 Å². The third-order valence-corrected chi connectivity index (χ3v) is 4.96. The fraction of sp³-hybridized carbons (Fsp3) is 0.611. The molecule has 0 aliphatic heterocycles. The minimum absolute atomic E-state index is 0. The molecular weight excluding hydrogens is 298 g/mol. The summed E-state index contributed by atoms with van der Waals surface area (Å²) in [6, 6.07) is 7.89. The minimum Gasteiger partial charge on any atom is -0.481 e. The molecule has 0 fully saturated rings. The summed E-state index contributed by atoms with van der Waals surface area (Å²) in [5.74, 6) is -0.997. The van der Waals surface area contributed by atoms with Crippen LogP contribution in [0, 0.1) is 11.3 Å². The first-order chi connectivity index (χ1) is 9.55. The van der Waals surface area contributed by atoms with Gasteiger partial charge in [0.05, 0.1) is 5.92 Å². The number of aliphatic carboxylic acids is 1. The highest BCUT2D eigenvalue weighted by Crippen LogP contribution is 2.42. The monoisotopic (exact) mass is 327 g/mol. The molecule has 0 spiro atoms. The van der Waals surface area contributed by atoms with Gasteiger partial charge in [-0.1, -0.05) is 65.8 Å². The van der Waals surface area contributed by atoms with Crippen molar-refractivity contribution < 1.29 is 9.90 Å². The molecule has 1 aromatic carbocycles. The van der Waals surface area contributed by atoms with Gasteiger partial charge in [0.15, 0.2) is 0 Å². The molecule has 4 heteroatoms. The van der Waals surface area contributed by atoms with Crippen molar-refractivity contribution in [3.8, 4) is 0 Å². The van der Waals surface area contributed by atoms with Crippen molar-refractivity contribution in [3.63, 3.8) is 0 Å². The van der Waals surface area contributed by atoms with Crippen molar-refractivity contribution in [2.24, 2.45) is 17.1 Å². The lowest BCUT2D eigenvalue weighted by Gasteiger charge is -2.37. The number of nitrogens with two attached hydrogens (primary N) is 1. The van der Waals surface area contributed by atoms with Crippen LogP contribution in [-0.4, -0.2) is 17.6 Å². The normalized spacial score (nSPS) is 13.6. The number of benzene rings is 1. The number of carboxylic acids is 1. The third kappa shape index (κ3) is 4.02. The van der Waals surface area contributed by atoms with Crippen LogP contribution in [0.4, 0.5) is 0 Å². The van der Waals surface area contributed by atoms with Crippen molar-refractivity contribution in [1.82, 2.24) is 0 Å². The summed E-state index contributed by atoms with van der Waals surface area (Å²) in [7, 11) is 0. The van der Waals surface area contributed by atoms with Gasteiger partial charge in [-0.2, -0.15) is 0 Å². The van der Waals surface area contributed by atoms with Gasteiger partial charge < -0.3 is 10.8 Å². The van der Waals surface area contributed by atoms with E-state index in [1.807, 2.05) is 32.0 Å². The summed E-state index contributed by atoms with van der Waals surface area (Å²) in [4.78, 5) is 11.9. The maximum Gasteiger partial charge on any atom is 0.311 e. The van der Waals surface area contributed by atoms with E-state index >= 15 is 0 Å². The second-order valence-electron chi connectivity index (χ2n) is 7.43. The van der Waals surface area contributed by atoms with E-state index in [1.54, 1.807) is 0 Å². The molecule has 1 unspecified atom stereocenters. The molecule has 0 bridgehead atoms. The Morgan fingerprint density at radius 2 is 1.68 bits per heavy atom. The summed E-state index contributed by atoms with van der Waals surface area (Å²) < 4.78 is 0. The van der Waals surface area contributed by atoms with Crippen molar-refractivity contribution in [3.05, 3.63) is 35.4 Å². The summed E-state index contributed by atoms with van der Waals surface area (Å²) in [6.45, 7) is 12.9. The van der Waals surface area contributed by atoms with Gasteiger partial charge in [-0.25, -0.2) is 0 Å². The summed E-state index contributed by atoms with van der Waals surface area (Å²) >= 11 is 0. The molecule has 0 aliphatic carbocycles. The standard InChI is InChI=1S/C18H29NO2.ClH/c1-12(2)18(5,6)14-10-8-7-9-13(14)15(16(20)21)17(3,4)11-19;/h7-10,12,15H,11,19H2,1-6H3,(H,20,21);1H. The maximum absolute atomic E-state index is 11.9. The first-order valence-electron chi connectivity index (χ1n) is 7.58. The van der Waals surface area contributed by atoms with Crippen LogP contribution in [0.1, 0.15) is 58.6 Å². The van der Waals surface area contributed by atoms with Crippen molar-refractivity contribution in [2.75, 3.05) is 6.54 Å². The van der Waals surface area contributed by atoms with Gasteiger partial charge in [0.1, 0.15) is 0 Å². The van der Waals surface area contributed by atoms with Gasteiger partial charge in [0.2, 0.25) is 0 Å². The van der Waals surface area contributed by atoms with Gasteiger partial charge in [-0.05, 0) is 34.4 Å². The van der Waals surface area contributed by atoms with Crippen LogP contribution in [0.15, 0.2) is 24.3 Å². The summed E-state index contributed by atoms with van der Waals surface area (Å²) in [5.41, 5.74) is 7.25. The van der Waals surface area contributed by atoms with Gasteiger partial charge in [-0.3, -0.25) is 4.79 Å². The molecule has 0 aromatic heterocycles. The second-order valence-corrected chi connectivity index (χ2v) is 7.43. The lowest BCUT2D eigenvalue weighted by atomic mass is 9.67. The number of halogens is 1. The molecule has 22 heavy (non-hydrogen) atoms. The fourth-order valence-electron chi connectivity index (χ4n) is 2.65. The molecule has 0 saturated carbocycles. The Morgan fingerprint density at radius 3 is 2.09 bits per heavy atom. The first-order valence-corrected chi connectivity index (χ1v) is 7.58. The van der Waals surface area contributed by atoms with Gasteiger partial charge in [0, 0.05) is 0 Å². The number of carbonyl (C=O) groups is 1. The average Bonchev–Trinajstić information content (AvgIpc) is 2.38. The van der Waals surface area contributed by atoms with E-state index in [2.05, 4.69) is 33.8 Å². The molecule has 3 nitrogen and oxygen atoms in total. The van der Waals surface area contributed by atoms with Crippen LogP contribution in [-0.2, 0) is 10.2 Å². The molecule has 1 aromatic rings. The Hall–Kier alpha value is -1.06. The Kier molecular flexibility index (Phi) is 7.11. The van der Waals surface area contributed by atoms with E-state index in [-0.39, 0.29) is 17.8 Å². The quantitative estimate of drug-likeness (QED) is 0.823. The predicted octanol–water partition coefficient (Wildman–Crippen LogP) is 4.20. The van der Waals surface area contributed by atoms with E-state index in [0.717, 1.165) is 11.1 Å². The highest BCUT2D eigenvalue weighted by molar-refractivity contribution is 5.85. The highest BCUT2D eigenvalue weighted by atomic mass is 35.5. The highest BCUT2D eigenvalue weighted by Gasteiger charge is 2.39. The van der Waals surface area contributed by atoms with E-state index in [4.69, 9.17) is 5.73 Å². The third-order valence-electron chi connectivity index (χ3n) is 4.96. The van der Waals surface area contributed by atoms with Crippen LogP contribution in [0.25, 0.3) is 0 Å². The van der Waals surface area contributed by atoms with Crippen LogP contribution in [0.3, 0.4) is 0 Å². The summed E-state index contributed by atoms with van der Waals surface area (Å²) in [6.07, 6.45) is 0. The van der Waals surface area contributed by atoms with Gasteiger partial charge >= 0.3 is 5.97 Å². The van der Waals surface area contributed by atoms with Crippen molar-refractivity contribution >= 4 is 18.4 Å². The van der Waals surface area contributed by atoms with Gasteiger partial charge in [-0.15, -0.1) is 12.4 Å². The smallest absolute Gasteiger partial charge is 0.311 e. The van der Waals surface area contributed by atoms with Crippen molar-refractivity contribution in [2.45, 2.75) is 52.9 Å². The van der Waals surface area contributed by atoms with Crippen molar-refractivity contribution in [1.29, 1.82) is 0 Å². The molecule has 0 saturated heterocycles. The molecular formula is C18H30ClNO2. The molecule has 1 rings (SSSR count). The fourth-order valence-corrected chi connectivity index (χ4v) is 2.65. The van der Waals surface area contributed by atoms with E-state index < -0.39 is 17.3 Å².